The Labute approximate surface area is 124 Å². The number of rotatable bonds is 6. The van der Waals surface area contributed by atoms with Gasteiger partial charge < -0.3 is 14.8 Å². The van der Waals surface area contributed by atoms with E-state index in [1.807, 2.05) is 12.1 Å². The zero-order chi connectivity index (χ0) is 15.5. The van der Waals surface area contributed by atoms with E-state index >= 15 is 0 Å². The highest BCUT2D eigenvalue weighted by atomic mass is 32.2. The van der Waals surface area contributed by atoms with Crippen LogP contribution in [0, 0.1) is 0 Å². The Morgan fingerprint density at radius 1 is 1.29 bits per heavy atom. The van der Waals surface area contributed by atoms with Crippen molar-refractivity contribution in [3.63, 3.8) is 0 Å². The maximum absolute atomic E-state index is 12.4. The van der Waals surface area contributed by atoms with Gasteiger partial charge in [0.05, 0.1) is 18.6 Å². The highest BCUT2D eigenvalue weighted by Gasteiger charge is 2.22. The summed E-state index contributed by atoms with van der Waals surface area (Å²) in [7, 11) is -0.484. The second-order valence-corrected chi connectivity index (χ2v) is 6.67. The van der Waals surface area contributed by atoms with E-state index in [9.17, 15) is 8.42 Å². The van der Waals surface area contributed by atoms with E-state index in [1.165, 1.54) is 23.6 Å². The van der Waals surface area contributed by atoms with E-state index < -0.39 is 10.0 Å². The number of hydrogen-bond donors (Lipinski definition) is 2. The number of aliphatic hydroxyl groups is 1. The predicted molar refractivity (Wildman–Crippen MR) is 78.4 cm³/mol. The fraction of sp³-hybridized carbons (Fsp3) is 0.286. The molecular formula is C14H18N2O4S. The van der Waals surface area contributed by atoms with Crippen LogP contribution < -0.4 is 4.74 Å². The summed E-state index contributed by atoms with van der Waals surface area (Å²) in [5.74, 6) is 0.725. The van der Waals surface area contributed by atoms with Crippen LogP contribution in [0.3, 0.4) is 0 Å². The molecule has 7 heteroatoms. The van der Waals surface area contributed by atoms with Crippen molar-refractivity contribution >= 4 is 10.0 Å². The van der Waals surface area contributed by atoms with Crippen molar-refractivity contribution in [3.05, 3.63) is 47.8 Å². The lowest BCUT2D eigenvalue weighted by Gasteiger charge is -2.16. The van der Waals surface area contributed by atoms with Crippen molar-refractivity contribution in [2.75, 3.05) is 14.2 Å². The van der Waals surface area contributed by atoms with Crippen LogP contribution >= 0.6 is 0 Å². The van der Waals surface area contributed by atoms with Gasteiger partial charge in [-0.25, -0.2) is 8.42 Å². The standard InChI is InChI=1S/C14H18N2O4S/c1-16(9-11-3-5-13(20-2)6-4-11)21(18,19)14-7-12(10-17)15-8-14/h3-8,15,17H,9-10H2,1-2H3. The van der Waals surface area contributed by atoms with E-state index in [-0.39, 0.29) is 18.0 Å². The smallest absolute Gasteiger partial charge is 0.244 e. The number of aromatic nitrogens is 1. The number of aliphatic hydroxyl groups excluding tert-OH is 1. The normalized spacial score (nSPS) is 11.8. The fourth-order valence-electron chi connectivity index (χ4n) is 1.91. The Kier molecular flexibility index (Phi) is 4.66. The van der Waals surface area contributed by atoms with Crippen LogP contribution in [0.4, 0.5) is 0 Å². The molecule has 0 saturated carbocycles. The van der Waals surface area contributed by atoms with Crippen molar-refractivity contribution in [1.29, 1.82) is 0 Å². The van der Waals surface area contributed by atoms with Gasteiger partial charge in [0, 0.05) is 25.5 Å². The third-order valence-corrected chi connectivity index (χ3v) is 4.94. The minimum atomic E-state index is -3.58. The number of aromatic amines is 1. The Morgan fingerprint density at radius 3 is 2.48 bits per heavy atom. The Morgan fingerprint density at radius 2 is 1.95 bits per heavy atom. The first-order valence-corrected chi connectivity index (χ1v) is 7.79. The average Bonchev–Trinajstić information content (AvgIpc) is 2.97. The molecule has 0 radical (unpaired) electrons. The van der Waals surface area contributed by atoms with Gasteiger partial charge in [-0.2, -0.15) is 4.31 Å². The van der Waals surface area contributed by atoms with Crippen molar-refractivity contribution in [1.82, 2.24) is 9.29 Å². The van der Waals surface area contributed by atoms with Crippen LogP contribution in [0.15, 0.2) is 41.4 Å². The molecule has 1 heterocycles. The Bertz CT molecular complexity index is 692. The number of ether oxygens (including phenoxy) is 1. The second-order valence-electron chi connectivity index (χ2n) is 4.63. The summed E-state index contributed by atoms with van der Waals surface area (Å²) in [6.45, 7) is 0.0314. The summed E-state index contributed by atoms with van der Waals surface area (Å²) < 4.78 is 31.1. The monoisotopic (exact) mass is 310 g/mol. The molecule has 2 N–H and O–H groups in total. The summed E-state index contributed by atoms with van der Waals surface area (Å²) in [5, 5.41) is 8.99. The molecule has 6 nitrogen and oxygen atoms in total. The second kappa shape index (κ2) is 6.30. The number of methoxy groups -OCH3 is 1. The van der Waals surface area contributed by atoms with Gasteiger partial charge in [0.25, 0.3) is 0 Å². The molecule has 0 saturated heterocycles. The quantitative estimate of drug-likeness (QED) is 0.843. The lowest BCUT2D eigenvalue weighted by Crippen LogP contribution is -2.26. The number of H-pyrrole nitrogens is 1. The first kappa shape index (κ1) is 15.6. The molecule has 0 bridgehead atoms. The topological polar surface area (TPSA) is 82.6 Å². The van der Waals surface area contributed by atoms with Crippen LogP contribution in [-0.4, -0.2) is 37.0 Å². The van der Waals surface area contributed by atoms with Gasteiger partial charge in [-0.1, -0.05) is 12.1 Å². The SMILES string of the molecule is COc1ccc(CN(C)S(=O)(=O)c2c[nH]c(CO)c2)cc1. The minimum Gasteiger partial charge on any atom is -0.497 e. The first-order valence-electron chi connectivity index (χ1n) is 6.35. The van der Waals surface area contributed by atoms with Crippen LogP contribution in [-0.2, 0) is 23.2 Å². The van der Waals surface area contributed by atoms with Gasteiger partial charge >= 0.3 is 0 Å². The summed E-state index contributed by atoms with van der Waals surface area (Å²) in [6, 6.07) is 8.65. The van der Waals surface area contributed by atoms with Crippen LogP contribution in [0.2, 0.25) is 0 Å². The molecule has 0 unspecified atom stereocenters. The van der Waals surface area contributed by atoms with Crippen molar-refractivity contribution in [2.45, 2.75) is 18.0 Å². The number of benzene rings is 1. The molecule has 0 aliphatic heterocycles. The highest BCUT2D eigenvalue weighted by molar-refractivity contribution is 7.89. The van der Waals surface area contributed by atoms with Gasteiger partial charge in [-0.15, -0.1) is 0 Å². The summed E-state index contributed by atoms with van der Waals surface area (Å²) in [5.41, 5.74) is 1.33. The number of hydrogen-bond acceptors (Lipinski definition) is 4. The molecule has 2 rings (SSSR count). The fourth-order valence-corrected chi connectivity index (χ4v) is 3.09. The molecule has 0 atom stereocenters. The van der Waals surface area contributed by atoms with E-state index in [0.29, 0.717) is 5.69 Å². The average molecular weight is 310 g/mol. The molecule has 1 aromatic carbocycles. The molecule has 0 aliphatic carbocycles. The van der Waals surface area contributed by atoms with E-state index in [2.05, 4.69) is 4.98 Å². The molecule has 114 valence electrons. The Hall–Kier alpha value is -1.83. The molecule has 2 aromatic rings. The zero-order valence-electron chi connectivity index (χ0n) is 11.9. The molecule has 0 fully saturated rings. The Balaban J connectivity index is 2.15. The van der Waals surface area contributed by atoms with Crippen molar-refractivity contribution in [2.24, 2.45) is 0 Å². The largest absolute Gasteiger partial charge is 0.497 e. The summed E-state index contributed by atoms with van der Waals surface area (Å²) in [6.07, 6.45) is 1.38. The third-order valence-electron chi connectivity index (χ3n) is 3.16. The van der Waals surface area contributed by atoms with Gasteiger partial charge in [-0.3, -0.25) is 0 Å². The van der Waals surface area contributed by atoms with E-state index in [0.717, 1.165) is 11.3 Å². The molecule has 0 aliphatic rings. The van der Waals surface area contributed by atoms with Crippen molar-refractivity contribution in [3.8, 4) is 5.75 Å². The van der Waals surface area contributed by atoms with Gasteiger partial charge in [0.1, 0.15) is 5.75 Å². The van der Waals surface area contributed by atoms with Crippen LogP contribution in [0.5, 0.6) is 5.75 Å². The van der Waals surface area contributed by atoms with E-state index in [1.54, 1.807) is 19.2 Å². The van der Waals surface area contributed by atoms with Crippen LogP contribution in [0.1, 0.15) is 11.3 Å². The highest BCUT2D eigenvalue weighted by Crippen LogP contribution is 2.19. The zero-order valence-corrected chi connectivity index (χ0v) is 12.7. The van der Waals surface area contributed by atoms with Gasteiger partial charge in [0.2, 0.25) is 10.0 Å². The number of sulfonamides is 1. The minimum absolute atomic E-state index is 0.141. The van der Waals surface area contributed by atoms with Crippen LogP contribution in [0.25, 0.3) is 0 Å². The third kappa shape index (κ3) is 3.44. The molecular weight excluding hydrogens is 292 g/mol. The molecule has 1 aromatic heterocycles. The lowest BCUT2D eigenvalue weighted by atomic mass is 10.2. The summed E-state index contributed by atoms with van der Waals surface area (Å²) in [4.78, 5) is 2.86. The predicted octanol–water partition coefficient (Wildman–Crippen LogP) is 1.34. The molecule has 0 amide bonds. The molecule has 0 spiro atoms. The molecule has 21 heavy (non-hydrogen) atoms. The first-order chi connectivity index (χ1) is 9.97. The number of nitrogens with zero attached hydrogens (tertiary/aromatic N) is 1. The van der Waals surface area contributed by atoms with Gasteiger partial charge in [0.15, 0.2) is 0 Å². The lowest BCUT2D eigenvalue weighted by molar-refractivity contribution is 0.277. The maximum Gasteiger partial charge on any atom is 0.244 e. The van der Waals surface area contributed by atoms with Gasteiger partial charge in [-0.05, 0) is 23.8 Å². The van der Waals surface area contributed by atoms with E-state index in [4.69, 9.17) is 9.84 Å². The number of nitrogens with one attached hydrogen (secondary N) is 1. The summed E-state index contributed by atoms with van der Waals surface area (Å²) >= 11 is 0. The van der Waals surface area contributed by atoms with Crippen molar-refractivity contribution < 1.29 is 18.3 Å². The maximum atomic E-state index is 12.4.